The maximum Gasteiger partial charge on any atom is 0.192 e. The van der Waals surface area contributed by atoms with Crippen LogP contribution in [0.3, 0.4) is 0 Å². The molecule has 0 spiro atoms. The van der Waals surface area contributed by atoms with E-state index in [2.05, 4.69) is 0 Å². The van der Waals surface area contributed by atoms with Crippen LogP contribution in [0.2, 0.25) is 0 Å². The lowest BCUT2D eigenvalue weighted by Crippen LogP contribution is -2.31. The summed E-state index contributed by atoms with van der Waals surface area (Å²) in [7, 11) is 0. The van der Waals surface area contributed by atoms with Crippen LogP contribution in [0.25, 0.3) is 5.57 Å². The van der Waals surface area contributed by atoms with Gasteiger partial charge in [-0.05, 0) is 16.7 Å². The quantitative estimate of drug-likeness (QED) is 0.467. The van der Waals surface area contributed by atoms with Gasteiger partial charge in [0.05, 0.1) is 0 Å². The maximum atomic E-state index is 13.3. The smallest absolute Gasteiger partial charge is 0.192 e. The third-order valence-electron chi connectivity index (χ3n) is 4.56. The largest absolute Gasteiger partial charge is 0.292 e. The highest BCUT2D eigenvalue weighted by Crippen LogP contribution is 2.37. The number of rotatable bonds is 2. The summed E-state index contributed by atoms with van der Waals surface area (Å²) in [6.07, 6.45) is 0. The van der Waals surface area contributed by atoms with Gasteiger partial charge in [-0.15, -0.1) is 11.6 Å². The van der Waals surface area contributed by atoms with Gasteiger partial charge in [-0.3, -0.25) is 9.59 Å². The lowest BCUT2D eigenvalue weighted by atomic mass is 9.80. The van der Waals surface area contributed by atoms with Crippen LogP contribution in [0.15, 0.2) is 90.5 Å². The standard InChI is InChI=1S/C23H15ClO2/c24-21-20(22(25)17-13-7-8-14-18(17)23(21)26)19(15-9-3-1-4-10-15)16-11-5-2-6-12-16/h1-14,21H. The predicted molar refractivity (Wildman–Crippen MR) is 104 cm³/mol. The van der Waals surface area contributed by atoms with E-state index < -0.39 is 5.38 Å². The van der Waals surface area contributed by atoms with E-state index in [1.54, 1.807) is 24.3 Å². The number of carbonyl (C=O) groups is 2. The van der Waals surface area contributed by atoms with Crippen molar-refractivity contribution < 1.29 is 9.59 Å². The molecule has 0 heterocycles. The molecule has 0 aliphatic heterocycles. The summed E-state index contributed by atoms with van der Waals surface area (Å²) in [6.45, 7) is 0. The minimum absolute atomic E-state index is 0.192. The summed E-state index contributed by atoms with van der Waals surface area (Å²) in [5.74, 6) is -0.427. The minimum atomic E-state index is -1.01. The Labute approximate surface area is 156 Å². The SMILES string of the molecule is O=C1C(=C(c2ccccc2)c2ccccc2)C(Cl)C(=O)c2ccccc21. The van der Waals surface area contributed by atoms with E-state index in [9.17, 15) is 9.59 Å². The molecule has 126 valence electrons. The second kappa shape index (κ2) is 6.74. The van der Waals surface area contributed by atoms with Crippen molar-refractivity contribution in [2.24, 2.45) is 0 Å². The second-order valence-corrected chi connectivity index (χ2v) is 6.56. The van der Waals surface area contributed by atoms with Crippen molar-refractivity contribution in [3.63, 3.8) is 0 Å². The van der Waals surface area contributed by atoms with Crippen molar-refractivity contribution in [3.05, 3.63) is 113 Å². The fourth-order valence-electron chi connectivity index (χ4n) is 3.35. The summed E-state index contributed by atoms with van der Waals surface area (Å²) in [6, 6.07) is 26.0. The van der Waals surface area contributed by atoms with Gasteiger partial charge in [0.2, 0.25) is 0 Å². The zero-order valence-electron chi connectivity index (χ0n) is 13.9. The number of hydrogen-bond donors (Lipinski definition) is 0. The van der Waals surface area contributed by atoms with Gasteiger partial charge in [-0.1, -0.05) is 84.9 Å². The monoisotopic (exact) mass is 358 g/mol. The van der Waals surface area contributed by atoms with Crippen LogP contribution in [-0.4, -0.2) is 16.9 Å². The Balaban J connectivity index is 2.04. The van der Waals surface area contributed by atoms with Crippen molar-refractivity contribution in [1.29, 1.82) is 0 Å². The number of alkyl halides is 1. The number of benzene rings is 3. The number of hydrogen-bond acceptors (Lipinski definition) is 2. The van der Waals surface area contributed by atoms with Gasteiger partial charge in [0, 0.05) is 16.7 Å². The van der Waals surface area contributed by atoms with Crippen LogP contribution in [0, 0.1) is 0 Å². The lowest BCUT2D eigenvalue weighted by Gasteiger charge is -2.24. The first kappa shape index (κ1) is 16.5. The van der Waals surface area contributed by atoms with Gasteiger partial charge in [0.25, 0.3) is 0 Å². The van der Waals surface area contributed by atoms with Gasteiger partial charge in [-0.2, -0.15) is 0 Å². The van der Waals surface area contributed by atoms with Crippen molar-refractivity contribution in [2.45, 2.75) is 5.38 Å². The Morgan fingerprint density at radius 1 is 0.654 bits per heavy atom. The van der Waals surface area contributed by atoms with Gasteiger partial charge in [-0.25, -0.2) is 0 Å². The van der Waals surface area contributed by atoms with Gasteiger partial charge in [0.1, 0.15) is 5.38 Å². The average molecular weight is 359 g/mol. The Bertz CT molecular complexity index is 979. The topological polar surface area (TPSA) is 34.1 Å². The molecule has 0 fully saturated rings. The fourth-order valence-corrected chi connectivity index (χ4v) is 3.68. The number of halogens is 1. The van der Waals surface area contributed by atoms with Crippen molar-refractivity contribution in [2.75, 3.05) is 0 Å². The molecular formula is C23H15ClO2. The first-order chi connectivity index (χ1) is 12.7. The summed E-state index contributed by atoms with van der Waals surface area (Å²) in [5.41, 5.74) is 3.57. The molecule has 3 heteroatoms. The second-order valence-electron chi connectivity index (χ2n) is 6.12. The van der Waals surface area contributed by atoms with E-state index >= 15 is 0 Å². The van der Waals surface area contributed by atoms with Gasteiger partial charge >= 0.3 is 0 Å². The molecule has 26 heavy (non-hydrogen) atoms. The molecule has 4 rings (SSSR count). The number of ketones is 2. The highest BCUT2D eigenvalue weighted by Gasteiger charge is 2.38. The summed E-state index contributed by atoms with van der Waals surface area (Å²) in [4.78, 5) is 26.1. The normalized spacial score (nSPS) is 16.3. The zero-order valence-corrected chi connectivity index (χ0v) is 14.6. The van der Waals surface area contributed by atoms with Gasteiger partial charge < -0.3 is 0 Å². The molecule has 0 amide bonds. The third kappa shape index (κ3) is 2.69. The molecule has 0 aromatic heterocycles. The van der Waals surface area contributed by atoms with E-state index in [1.165, 1.54) is 0 Å². The Kier molecular flexibility index (Phi) is 4.27. The first-order valence-corrected chi connectivity index (χ1v) is 8.79. The molecule has 0 bridgehead atoms. The van der Waals surface area contributed by atoms with Gasteiger partial charge in [0.15, 0.2) is 11.6 Å². The molecule has 1 aliphatic rings. The van der Waals surface area contributed by atoms with Crippen LogP contribution in [0.1, 0.15) is 31.8 Å². The van der Waals surface area contributed by atoms with Crippen LogP contribution >= 0.6 is 11.6 Å². The van der Waals surface area contributed by atoms with Crippen molar-refractivity contribution in [3.8, 4) is 0 Å². The summed E-state index contributed by atoms with van der Waals surface area (Å²) >= 11 is 6.52. The summed E-state index contributed by atoms with van der Waals surface area (Å²) < 4.78 is 0. The predicted octanol–water partition coefficient (Wildman–Crippen LogP) is 5.18. The van der Waals surface area contributed by atoms with Crippen molar-refractivity contribution in [1.82, 2.24) is 0 Å². The molecular weight excluding hydrogens is 344 g/mol. The Hall–Kier alpha value is -2.97. The molecule has 1 unspecified atom stereocenters. The van der Waals surface area contributed by atoms with Crippen LogP contribution in [0.4, 0.5) is 0 Å². The van der Waals surface area contributed by atoms with Crippen LogP contribution in [-0.2, 0) is 0 Å². The summed E-state index contributed by atoms with van der Waals surface area (Å²) in [5, 5.41) is -1.01. The molecule has 1 atom stereocenters. The molecule has 0 radical (unpaired) electrons. The highest BCUT2D eigenvalue weighted by molar-refractivity contribution is 6.44. The molecule has 2 nitrogen and oxygen atoms in total. The Morgan fingerprint density at radius 3 is 1.65 bits per heavy atom. The number of Topliss-reactive ketones (excluding diaryl/α,β-unsaturated/α-hetero) is 2. The zero-order chi connectivity index (χ0) is 18.1. The van der Waals surface area contributed by atoms with E-state index in [-0.39, 0.29) is 11.6 Å². The first-order valence-electron chi connectivity index (χ1n) is 8.35. The molecule has 0 N–H and O–H groups in total. The van der Waals surface area contributed by atoms with E-state index in [1.807, 2.05) is 60.7 Å². The number of allylic oxidation sites excluding steroid dienone is 1. The lowest BCUT2D eigenvalue weighted by molar-refractivity contribution is 0.0939. The van der Waals surface area contributed by atoms with E-state index in [4.69, 9.17) is 11.6 Å². The average Bonchev–Trinajstić information content (AvgIpc) is 2.71. The van der Waals surface area contributed by atoms with E-state index in [0.29, 0.717) is 22.3 Å². The molecule has 0 saturated heterocycles. The number of carbonyl (C=O) groups excluding carboxylic acids is 2. The maximum absolute atomic E-state index is 13.3. The van der Waals surface area contributed by atoms with E-state index in [0.717, 1.165) is 11.1 Å². The molecule has 3 aromatic rings. The Morgan fingerprint density at radius 2 is 1.12 bits per heavy atom. The molecule has 1 aliphatic carbocycles. The number of fused-ring (bicyclic) bond motifs is 1. The molecule has 3 aromatic carbocycles. The fraction of sp³-hybridized carbons (Fsp3) is 0.0435. The molecule has 0 saturated carbocycles. The van der Waals surface area contributed by atoms with Crippen LogP contribution in [0.5, 0.6) is 0 Å². The highest BCUT2D eigenvalue weighted by atomic mass is 35.5. The third-order valence-corrected chi connectivity index (χ3v) is 4.98. The van der Waals surface area contributed by atoms with Crippen molar-refractivity contribution >= 4 is 28.7 Å². The van der Waals surface area contributed by atoms with Crippen LogP contribution < -0.4 is 0 Å². The minimum Gasteiger partial charge on any atom is -0.292 e.